The maximum atomic E-state index is 12.0. The van der Waals surface area contributed by atoms with Crippen LogP contribution in [-0.4, -0.2) is 35.8 Å². The first-order valence-corrected chi connectivity index (χ1v) is 7.45. The molecule has 1 aromatic heterocycles. The highest BCUT2D eigenvalue weighted by Gasteiger charge is 2.38. The second kappa shape index (κ2) is 5.43. The Morgan fingerprint density at radius 2 is 2.21 bits per heavy atom. The van der Waals surface area contributed by atoms with Gasteiger partial charge in [-0.3, -0.25) is 14.5 Å². The molecule has 1 aliphatic rings. The number of nitrogens with one attached hydrogen (secondary N) is 1. The Morgan fingerprint density at radius 3 is 2.74 bits per heavy atom. The van der Waals surface area contributed by atoms with E-state index < -0.39 is 0 Å². The van der Waals surface area contributed by atoms with Crippen LogP contribution >= 0.6 is 11.3 Å². The molecule has 1 saturated heterocycles. The van der Waals surface area contributed by atoms with E-state index in [4.69, 9.17) is 0 Å². The van der Waals surface area contributed by atoms with Crippen molar-refractivity contribution in [1.82, 2.24) is 10.2 Å². The summed E-state index contributed by atoms with van der Waals surface area (Å²) in [5.74, 6) is -0.159. The predicted molar refractivity (Wildman–Crippen MR) is 76.1 cm³/mol. The fourth-order valence-corrected chi connectivity index (χ4v) is 3.16. The molecular weight excluding hydrogens is 260 g/mol. The Bertz CT molecular complexity index is 468. The van der Waals surface area contributed by atoms with Crippen molar-refractivity contribution in [1.29, 1.82) is 0 Å². The molecule has 19 heavy (non-hydrogen) atoms. The first-order chi connectivity index (χ1) is 8.95. The second-order valence-electron chi connectivity index (χ2n) is 5.48. The van der Waals surface area contributed by atoms with Gasteiger partial charge in [-0.15, -0.1) is 11.3 Å². The molecule has 2 amide bonds. The molecule has 4 nitrogen and oxygen atoms in total. The van der Waals surface area contributed by atoms with Gasteiger partial charge >= 0.3 is 0 Å². The third-order valence-corrected chi connectivity index (χ3v) is 4.77. The van der Waals surface area contributed by atoms with Gasteiger partial charge in [-0.2, -0.15) is 0 Å². The fraction of sp³-hybridized carbons (Fsp3) is 0.571. The Kier molecular flexibility index (Phi) is 4.06. The Morgan fingerprint density at radius 1 is 1.47 bits per heavy atom. The van der Waals surface area contributed by atoms with E-state index in [0.717, 1.165) is 0 Å². The molecule has 104 valence electrons. The minimum atomic E-state index is -0.355. The number of nitrogens with zero attached hydrogens (tertiary/aromatic N) is 1. The van der Waals surface area contributed by atoms with Gasteiger partial charge in [0, 0.05) is 23.4 Å². The van der Waals surface area contributed by atoms with Gasteiger partial charge in [0.1, 0.15) is 0 Å². The summed E-state index contributed by atoms with van der Waals surface area (Å²) in [6, 6.07) is 3.78. The lowest BCUT2D eigenvalue weighted by atomic mass is 9.91. The van der Waals surface area contributed by atoms with E-state index in [1.807, 2.05) is 13.0 Å². The largest absolute Gasteiger partial charge is 0.305 e. The van der Waals surface area contributed by atoms with Crippen LogP contribution in [0.4, 0.5) is 0 Å². The highest BCUT2D eigenvalue weighted by Crippen LogP contribution is 2.27. The minimum Gasteiger partial charge on any atom is -0.305 e. The average Bonchev–Trinajstić information content (AvgIpc) is 2.96. The van der Waals surface area contributed by atoms with Crippen molar-refractivity contribution < 1.29 is 9.59 Å². The van der Waals surface area contributed by atoms with Gasteiger partial charge in [0.2, 0.25) is 11.8 Å². The molecule has 1 N–H and O–H groups in total. The van der Waals surface area contributed by atoms with E-state index >= 15 is 0 Å². The lowest BCUT2D eigenvalue weighted by molar-refractivity contribution is -0.138. The molecule has 2 heterocycles. The van der Waals surface area contributed by atoms with Gasteiger partial charge in [0.15, 0.2) is 0 Å². The van der Waals surface area contributed by atoms with Gasteiger partial charge in [-0.1, -0.05) is 19.9 Å². The number of thiophene rings is 1. The summed E-state index contributed by atoms with van der Waals surface area (Å²) < 4.78 is 0. The highest BCUT2D eigenvalue weighted by molar-refractivity contribution is 7.10. The molecule has 0 spiro atoms. The smallest absolute Gasteiger partial charge is 0.246 e. The van der Waals surface area contributed by atoms with Crippen molar-refractivity contribution in [2.45, 2.75) is 38.6 Å². The minimum absolute atomic E-state index is 0.0306. The van der Waals surface area contributed by atoms with Crippen LogP contribution in [0.2, 0.25) is 0 Å². The molecule has 0 aliphatic carbocycles. The molecule has 1 aromatic rings. The third kappa shape index (κ3) is 2.87. The summed E-state index contributed by atoms with van der Waals surface area (Å²) in [5, 5.41) is 5.30. The van der Waals surface area contributed by atoms with Crippen LogP contribution in [-0.2, 0) is 15.0 Å². The maximum Gasteiger partial charge on any atom is 0.246 e. The molecule has 5 heteroatoms. The molecule has 1 unspecified atom stereocenters. The van der Waals surface area contributed by atoms with Crippen LogP contribution in [0.25, 0.3) is 0 Å². The van der Waals surface area contributed by atoms with Crippen LogP contribution in [0.1, 0.15) is 32.1 Å². The maximum absolute atomic E-state index is 12.0. The van der Waals surface area contributed by atoms with Crippen molar-refractivity contribution in [2.24, 2.45) is 0 Å². The zero-order valence-electron chi connectivity index (χ0n) is 11.6. The number of likely N-dealkylation sites (N-methyl/N-ethyl adjacent to an activating group) is 1. The zero-order chi connectivity index (χ0) is 14.0. The quantitative estimate of drug-likeness (QED) is 0.836. The lowest BCUT2D eigenvalue weighted by Gasteiger charge is -2.25. The van der Waals surface area contributed by atoms with Crippen LogP contribution < -0.4 is 5.32 Å². The average molecular weight is 280 g/mol. The van der Waals surface area contributed by atoms with Gasteiger partial charge in [-0.25, -0.2) is 0 Å². The van der Waals surface area contributed by atoms with Gasteiger partial charge < -0.3 is 5.32 Å². The number of hydrogen-bond acceptors (Lipinski definition) is 4. The Labute approximate surface area is 117 Å². The molecule has 0 bridgehead atoms. The van der Waals surface area contributed by atoms with Crippen molar-refractivity contribution in [3.05, 3.63) is 22.4 Å². The number of likely N-dealkylation sites (tertiary alicyclic amines) is 1. The van der Waals surface area contributed by atoms with E-state index in [9.17, 15) is 9.59 Å². The molecule has 0 saturated carbocycles. The summed E-state index contributed by atoms with van der Waals surface area (Å²) in [6.07, 6.45) is 0.285. The van der Waals surface area contributed by atoms with Crippen molar-refractivity contribution in [3.63, 3.8) is 0 Å². The molecule has 0 radical (unpaired) electrons. The summed E-state index contributed by atoms with van der Waals surface area (Å²) in [7, 11) is 0. The first-order valence-electron chi connectivity index (χ1n) is 6.57. The number of rotatable bonds is 5. The fourth-order valence-electron chi connectivity index (χ4n) is 2.30. The van der Waals surface area contributed by atoms with Gasteiger partial charge in [-0.05, 0) is 18.4 Å². The molecule has 1 atom stereocenters. The van der Waals surface area contributed by atoms with Crippen LogP contribution in [0.15, 0.2) is 17.5 Å². The molecule has 1 aliphatic heterocycles. The van der Waals surface area contributed by atoms with E-state index in [1.165, 1.54) is 9.78 Å². The molecule has 2 rings (SSSR count). The van der Waals surface area contributed by atoms with Crippen LogP contribution in [0.5, 0.6) is 0 Å². The zero-order valence-corrected chi connectivity index (χ0v) is 12.4. The van der Waals surface area contributed by atoms with E-state index in [0.29, 0.717) is 13.1 Å². The standard InChI is InChI=1S/C14H20N2O2S/c1-4-16-12(17)8-10(13(16)18)15-9-14(2,3)11-6-5-7-19-11/h5-7,10,15H,4,8-9H2,1-3H3. The number of carbonyl (C=O) groups is 2. The number of imide groups is 1. The van der Waals surface area contributed by atoms with Crippen LogP contribution in [0, 0.1) is 0 Å². The van der Waals surface area contributed by atoms with Crippen molar-refractivity contribution in [2.75, 3.05) is 13.1 Å². The summed E-state index contributed by atoms with van der Waals surface area (Å²) in [4.78, 5) is 26.3. The highest BCUT2D eigenvalue weighted by atomic mass is 32.1. The van der Waals surface area contributed by atoms with E-state index in [-0.39, 0.29) is 29.7 Å². The number of carbonyl (C=O) groups excluding carboxylic acids is 2. The predicted octanol–water partition coefficient (Wildman–Crippen LogP) is 1.76. The SMILES string of the molecule is CCN1C(=O)CC(NCC(C)(C)c2cccs2)C1=O. The van der Waals surface area contributed by atoms with Crippen molar-refractivity contribution in [3.8, 4) is 0 Å². The Hall–Kier alpha value is -1.20. The first kappa shape index (κ1) is 14.2. The van der Waals surface area contributed by atoms with Gasteiger partial charge in [0.25, 0.3) is 0 Å². The summed E-state index contributed by atoms with van der Waals surface area (Å²) in [5.41, 5.74) is -0.0306. The van der Waals surface area contributed by atoms with Crippen molar-refractivity contribution >= 4 is 23.2 Å². The topological polar surface area (TPSA) is 49.4 Å². The van der Waals surface area contributed by atoms with Crippen LogP contribution in [0.3, 0.4) is 0 Å². The summed E-state index contributed by atoms with van der Waals surface area (Å²) >= 11 is 1.72. The second-order valence-corrected chi connectivity index (χ2v) is 6.42. The molecule has 1 fully saturated rings. The monoisotopic (exact) mass is 280 g/mol. The third-order valence-electron chi connectivity index (χ3n) is 3.54. The number of hydrogen-bond donors (Lipinski definition) is 1. The summed E-state index contributed by atoms with van der Waals surface area (Å²) in [6.45, 7) is 7.27. The van der Waals surface area contributed by atoms with E-state index in [1.54, 1.807) is 11.3 Å². The molecule has 0 aromatic carbocycles. The number of amides is 2. The van der Waals surface area contributed by atoms with E-state index in [2.05, 4.69) is 30.6 Å². The molecular formula is C14H20N2O2S. The Balaban J connectivity index is 1.97. The van der Waals surface area contributed by atoms with Gasteiger partial charge in [0.05, 0.1) is 12.5 Å². The normalized spacial score (nSPS) is 20.4. The lowest BCUT2D eigenvalue weighted by Crippen LogP contribution is -2.43.